The van der Waals surface area contributed by atoms with E-state index in [0.29, 0.717) is 18.1 Å². The predicted octanol–water partition coefficient (Wildman–Crippen LogP) is 2.96. The second-order valence-electron chi connectivity index (χ2n) is 6.08. The lowest BCUT2D eigenvalue weighted by Gasteiger charge is -2.23. The summed E-state index contributed by atoms with van der Waals surface area (Å²) in [7, 11) is 0. The van der Waals surface area contributed by atoms with Gasteiger partial charge >= 0.3 is 5.97 Å². The van der Waals surface area contributed by atoms with E-state index >= 15 is 0 Å². The van der Waals surface area contributed by atoms with Gasteiger partial charge in [0.15, 0.2) is 11.4 Å². The Morgan fingerprint density at radius 2 is 2.19 bits per heavy atom. The van der Waals surface area contributed by atoms with Gasteiger partial charge in [-0.05, 0) is 44.7 Å². The number of pyridine rings is 1. The van der Waals surface area contributed by atoms with Crippen LogP contribution in [0.5, 0.6) is 5.75 Å². The molecule has 1 spiro atoms. The van der Waals surface area contributed by atoms with Crippen LogP contribution in [0.3, 0.4) is 0 Å². The first-order chi connectivity index (χ1) is 10.1. The molecule has 0 amide bonds. The Kier molecular flexibility index (Phi) is 3.85. The third-order valence-electron chi connectivity index (χ3n) is 4.48. The molecule has 5 heteroatoms. The first-order valence-corrected chi connectivity index (χ1v) is 7.60. The number of hydrogen-bond acceptors (Lipinski definition) is 4. The third kappa shape index (κ3) is 3.02. The fraction of sp³-hybridized carbons (Fsp3) is 0.625. The topological polar surface area (TPSA) is 68.7 Å². The molecule has 1 atom stereocenters. The number of aryl methyl sites for hydroxylation is 1. The van der Waals surface area contributed by atoms with Crippen LogP contribution in [0.4, 0.5) is 0 Å². The van der Waals surface area contributed by atoms with Crippen LogP contribution in [0.25, 0.3) is 0 Å². The quantitative estimate of drug-likeness (QED) is 0.923. The van der Waals surface area contributed by atoms with E-state index in [9.17, 15) is 9.90 Å². The minimum atomic E-state index is -1.06. The van der Waals surface area contributed by atoms with Crippen molar-refractivity contribution in [1.29, 1.82) is 0 Å². The summed E-state index contributed by atoms with van der Waals surface area (Å²) in [5.41, 5.74) is 0.722. The van der Waals surface area contributed by atoms with E-state index < -0.39 is 5.97 Å². The van der Waals surface area contributed by atoms with E-state index in [1.54, 1.807) is 19.1 Å². The molecule has 1 aliphatic heterocycles. The molecule has 1 N–H and O–H groups in total. The lowest BCUT2D eigenvalue weighted by Crippen LogP contribution is -2.27. The Morgan fingerprint density at radius 3 is 2.90 bits per heavy atom. The van der Waals surface area contributed by atoms with Crippen molar-refractivity contribution in [2.24, 2.45) is 0 Å². The normalized spacial score (nSPS) is 23.6. The molecule has 5 nitrogen and oxygen atoms in total. The van der Waals surface area contributed by atoms with Crippen molar-refractivity contribution >= 4 is 5.97 Å². The van der Waals surface area contributed by atoms with Gasteiger partial charge in [-0.15, -0.1) is 0 Å². The first kappa shape index (κ1) is 14.3. The second kappa shape index (κ2) is 5.64. The van der Waals surface area contributed by atoms with Crippen molar-refractivity contribution < 1.29 is 19.4 Å². The van der Waals surface area contributed by atoms with Gasteiger partial charge in [0, 0.05) is 5.69 Å². The van der Waals surface area contributed by atoms with Crippen LogP contribution in [-0.4, -0.2) is 34.4 Å². The monoisotopic (exact) mass is 291 g/mol. The molecule has 1 aromatic heterocycles. The lowest BCUT2D eigenvalue weighted by atomic mass is 9.98. The van der Waals surface area contributed by atoms with E-state index in [0.717, 1.165) is 25.7 Å². The van der Waals surface area contributed by atoms with Gasteiger partial charge in [0.05, 0.1) is 11.7 Å². The molecule has 0 radical (unpaired) electrons. The molecule has 0 aromatic carbocycles. The van der Waals surface area contributed by atoms with E-state index in [1.165, 1.54) is 12.8 Å². The Balaban J connectivity index is 1.62. The SMILES string of the molecule is Cc1ccc(OCC2CCC3(CCCC3)O2)c(C(=O)O)n1. The number of carboxylic acid groups (broad SMARTS) is 1. The van der Waals surface area contributed by atoms with Crippen molar-refractivity contribution in [3.63, 3.8) is 0 Å². The van der Waals surface area contributed by atoms with E-state index in [-0.39, 0.29) is 17.4 Å². The summed E-state index contributed by atoms with van der Waals surface area (Å²) in [5.74, 6) is -0.739. The van der Waals surface area contributed by atoms with Crippen LogP contribution in [-0.2, 0) is 4.74 Å². The highest BCUT2D eigenvalue weighted by atomic mass is 16.6. The summed E-state index contributed by atoms with van der Waals surface area (Å²) in [6, 6.07) is 3.43. The molecule has 1 unspecified atom stereocenters. The van der Waals surface area contributed by atoms with Gasteiger partial charge in [-0.2, -0.15) is 0 Å². The molecule has 2 heterocycles. The number of carbonyl (C=O) groups is 1. The number of rotatable bonds is 4. The minimum absolute atomic E-state index is 0.0245. The Hall–Kier alpha value is -1.62. The minimum Gasteiger partial charge on any atom is -0.488 e. The number of nitrogens with zero attached hydrogens (tertiary/aromatic N) is 1. The summed E-state index contributed by atoms with van der Waals surface area (Å²) in [6.45, 7) is 2.16. The largest absolute Gasteiger partial charge is 0.488 e. The second-order valence-corrected chi connectivity index (χ2v) is 6.08. The number of aromatic nitrogens is 1. The average molecular weight is 291 g/mol. The third-order valence-corrected chi connectivity index (χ3v) is 4.48. The highest BCUT2D eigenvalue weighted by Crippen LogP contribution is 2.43. The van der Waals surface area contributed by atoms with Crippen molar-refractivity contribution in [2.75, 3.05) is 6.61 Å². The zero-order valence-corrected chi connectivity index (χ0v) is 12.3. The van der Waals surface area contributed by atoms with E-state index in [4.69, 9.17) is 9.47 Å². The van der Waals surface area contributed by atoms with Gasteiger partial charge in [0.2, 0.25) is 0 Å². The van der Waals surface area contributed by atoms with Gasteiger partial charge in [-0.1, -0.05) is 12.8 Å². The van der Waals surface area contributed by atoms with Gasteiger partial charge in [-0.25, -0.2) is 9.78 Å². The summed E-state index contributed by atoms with van der Waals surface area (Å²) in [6.07, 6.45) is 6.94. The van der Waals surface area contributed by atoms with Gasteiger partial charge < -0.3 is 14.6 Å². The molecular formula is C16H21NO4. The zero-order valence-electron chi connectivity index (χ0n) is 12.3. The van der Waals surface area contributed by atoms with Crippen molar-refractivity contribution in [3.05, 3.63) is 23.5 Å². The molecule has 1 saturated heterocycles. The standard InChI is InChI=1S/C16H21NO4/c1-11-4-5-13(14(17-11)15(18)19)20-10-12-6-9-16(21-12)7-2-3-8-16/h4-5,12H,2-3,6-10H2,1H3,(H,18,19). The maximum Gasteiger partial charge on any atom is 0.358 e. The lowest BCUT2D eigenvalue weighted by molar-refractivity contribution is -0.0510. The summed E-state index contributed by atoms with van der Waals surface area (Å²) < 4.78 is 11.8. The van der Waals surface area contributed by atoms with Gasteiger partial charge in [0.25, 0.3) is 0 Å². The summed E-state index contributed by atoms with van der Waals surface area (Å²) in [5, 5.41) is 9.18. The maximum atomic E-state index is 11.2. The molecular weight excluding hydrogens is 270 g/mol. The molecule has 21 heavy (non-hydrogen) atoms. The number of hydrogen-bond donors (Lipinski definition) is 1. The number of aromatic carboxylic acids is 1. The van der Waals surface area contributed by atoms with Gasteiger partial charge in [0.1, 0.15) is 6.61 Å². The first-order valence-electron chi connectivity index (χ1n) is 7.60. The predicted molar refractivity (Wildman–Crippen MR) is 76.7 cm³/mol. The van der Waals surface area contributed by atoms with Crippen LogP contribution in [0.2, 0.25) is 0 Å². The molecule has 1 aromatic rings. The Labute approximate surface area is 124 Å². The van der Waals surface area contributed by atoms with E-state index in [1.807, 2.05) is 0 Å². The van der Waals surface area contributed by atoms with Crippen LogP contribution in [0.1, 0.15) is 54.7 Å². The fourth-order valence-electron chi connectivity index (χ4n) is 3.40. The van der Waals surface area contributed by atoms with Crippen LogP contribution >= 0.6 is 0 Å². The smallest absolute Gasteiger partial charge is 0.358 e. The molecule has 1 saturated carbocycles. The van der Waals surface area contributed by atoms with Crippen molar-refractivity contribution in [3.8, 4) is 5.75 Å². The zero-order chi connectivity index (χ0) is 14.9. The molecule has 114 valence electrons. The summed E-state index contributed by atoms with van der Waals surface area (Å²) in [4.78, 5) is 15.2. The van der Waals surface area contributed by atoms with Crippen molar-refractivity contribution in [2.45, 2.75) is 57.2 Å². The van der Waals surface area contributed by atoms with Gasteiger partial charge in [-0.3, -0.25) is 0 Å². The van der Waals surface area contributed by atoms with Crippen LogP contribution in [0, 0.1) is 6.92 Å². The molecule has 1 aliphatic carbocycles. The highest BCUT2D eigenvalue weighted by Gasteiger charge is 2.42. The summed E-state index contributed by atoms with van der Waals surface area (Å²) >= 11 is 0. The van der Waals surface area contributed by atoms with Crippen LogP contribution in [0.15, 0.2) is 12.1 Å². The van der Waals surface area contributed by atoms with Crippen LogP contribution < -0.4 is 4.74 Å². The average Bonchev–Trinajstić information content (AvgIpc) is 3.08. The van der Waals surface area contributed by atoms with Crippen molar-refractivity contribution in [1.82, 2.24) is 4.98 Å². The number of ether oxygens (including phenoxy) is 2. The highest BCUT2D eigenvalue weighted by molar-refractivity contribution is 5.88. The molecule has 2 fully saturated rings. The molecule has 0 bridgehead atoms. The number of carboxylic acids is 1. The molecule has 3 rings (SSSR count). The van der Waals surface area contributed by atoms with E-state index in [2.05, 4.69) is 4.98 Å². The maximum absolute atomic E-state index is 11.2. The fourth-order valence-corrected chi connectivity index (χ4v) is 3.40. The Bertz CT molecular complexity index is 537. The molecule has 2 aliphatic rings. The Morgan fingerprint density at radius 1 is 1.43 bits per heavy atom.